The van der Waals surface area contributed by atoms with E-state index in [1.54, 1.807) is 13.8 Å². The second kappa shape index (κ2) is 5.56. The molecule has 1 unspecified atom stereocenters. The van der Waals surface area contributed by atoms with E-state index in [4.69, 9.17) is 0 Å². The van der Waals surface area contributed by atoms with E-state index in [0.29, 0.717) is 13.1 Å². The van der Waals surface area contributed by atoms with Crippen LogP contribution in [0.2, 0.25) is 0 Å². The lowest BCUT2D eigenvalue weighted by atomic mass is 10.1. The largest absolute Gasteiger partial charge is 0.295 e. The highest BCUT2D eigenvalue weighted by Gasteiger charge is 2.31. The third-order valence-corrected chi connectivity index (χ3v) is 4.35. The van der Waals surface area contributed by atoms with Gasteiger partial charge in [-0.2, -0.15) is 17.4 Å². The lowest BCUT2D eigenvalue weighted by molar-refractivity contribution is -0.134. The molecule has 7 nitrogen and oxygen atoms in total. The van der Waals surface area contributed by atoms with Crippen molar-refractivity contribution >= 4 is 22.0 Å². The smallest absolute Gasteiger partial charge is 0.280 e. The molecule has 0 bridgehead atoms. The van der Waals surface area contributed by atoms with Crippen molar-refractivity contribution in [2.45, 2.75) is 32.7 Å². The zero-order valence-corrected chi connectivity index (χ0v) is 10.7. The zero-order valence-electron chi connectivity index (χ0n) is 9.89. The quantitative estimate of drug-likeness (QED) is 0.620. The molecule has 2 amide bonds. The van der Waals surface area contributed by atoms with Gasteiger partial charge in [0.15, 0.2) is 0 Å². The number of carbonyl (C=O) groups excluding carboxylic acids is 2. The summed E-state index contributed by atoms with van der Waals surface area (Å²) in [7, 11) is -3.66. The molecule has 2 N–H and O–H groups in total. The molecule has 1 atom stereocenters. The number of imide groups is 1. The first kappa shape index (κ1) is 14.1. The highest BCUT2D eigenvalue weighted by molar-refractivity contribution is 7.87. The molecule has 17 heavy (non-hydrogen) atoms. The van der Waals surface area contributed by atoms with E-state index in [0.717, 1.165) is 0 Å². The summed E-state index contributed by atoms with van der Waals surface area (Å²) in [4.78, 5) is 22.3. The summed E-state index contributed by atoms with van der Waals surface area (Å²) in [6.45, 7) is 4.10. The van der Waals surface area contributed by atoms with Gasteiger partial charge in [-0.15, -0.1) is 0 Å². The first-order chi connectivity index (χ1) is 7.90. The first-order valence-corrected chi connectivity index (χ1v) is 6.95. The Labute approximate surface area is 101 Å². The SMILES string of the molecule is CCN(CC)S(=O)(=O)NC1CCC(=O)NC1=O. The molecular weight excluding hydrogens is 246 g/mol. The summed E-state index contributed by atoms with van der Waals surface area (Å²) in [5, 5.41) is 2.10. The van der Waals surface area contributed by atoms with Crippen molar-refractivity contribution < 1.29 is 18.0 Å². The molecule has 1 saturated heterocycles. The number of nitrogens with zero attached hydrogens (tertiary/aromatic N) is 1. The Hall–Kier alpha value is -0.990. The van der Waals surface area contributed by atoms with Gasteiger partial charge in [-0.25, -0.2) is 0 Å². The van der Waals surface area contributed by atoms with Crippen LogP contribution in [-0.4, -0.2) is 43.7 Å². The van der Waals surface area contributed by atoms with Gasteiger partial charge in [0.05, 0.1) is 0 Å². The fraction of sp³-hybridized carbons (Fsp3) is 0.778. The monoisotopic (exact) mass is 263 g/mol. The van der Waals surface area contributed by atoms with Gasteiger partial charge in [0.1, 0.15) is 6.04 Å². The predicted octanol–water partition coefficient (Wildman–Crippen LogP) is -1.03. The molecule has 0 aromatic carbocycles. The van der Waals surface area contributed by atoms with Gasteiger partial charge in [0.25, 0.3) is 10.2 Å². The zero-order chi connectivity index (χ0) is 13.1. The van der Waals surface area contributed by atoms with Crippen molar-refractivity contribution in [2.75, 3.05) is 13.1 Å². The summed E-state index contributed by atoms with van der Waals surface area (Å²) in [5.74, 6) is -0.953. The van der Waals surface area contributed by atoms with Crippen LogP contribution in [0.25, 0.3) is 0 Å². The Morgan fingerprint density at radius 1 is 1.35 bits per heavy atom. The molecule has 1 rings (SSSR count). The van der Waals surface area contributed by atoms with Crippen LogP contribution >= 0.6 is 0 Å². The molecule has 0 aliphatic carbocycles. The first-order valence-electron chi connectivity index (χ1n) is 5.51. The van der Waals surface area contributed by atoms with E-state index in [1.165, 1.54) is 4.31 Å². The van der Waals surface area contributed by atoms with Crippen LogP contribution in [0.3, 0.4) is 0 Å². The van der Waals surface area contributed by atoms with E-state index in [2.05, 4.69) is 10.0 Å². The number of hydrogen-bond donors (Lipinski definition) is 2. The topological polar surface area (TPSA) is 95.6 Å². The molecule has 1 fully saturated rings. The number of nitrogens with one attached hydrogen (secondary N) is 2. The lowest BCUT2D eigenvalue weighted by Gasteiger charge is -2.25. The molecule has 0 spiro atoms. The van der Waals surface area contributed by atoms with Crippen LogP contribution in [-0.2, 0) is 19.8 Å². The van der Waals surface area contributed by atoms with Crippen LogP contribution in [0.4, 0.5) is 0 Å². The Morgan fingerprint density at radius 2 is 1.94 bits per heavy atom. The molecule has 0 aromatic heterocycles. The number of carbonyl (C=O) groups is 2. The molecule has 1 aliphatic rings. The summed E-state index contributed by atoms with van der Waals surface area (Å²) in [6, 6.07) is -0.863. The maximum Gasteiger partial charge on any atom is 0.280 e. The van der Waals surface area contributed by atoms with Gasteiger partial charge in [-0.3, -0.25) is 14.9 Å². The minimum Gasteiger partial charge on any atom is -0.295 e. The molecule has 1 heterocycles. The van der Waals surface area contributed by atoms with Gasteiger partial charge in [0, 0.05) is 19.5 Å². The highest BCUT2D eigenvalue weighted by Crippen LogP contribution is 2.07. The molecule has 1 aliphatic heterocycles. The second-order valence-corrected chi connectivity index (χ2v) is 5.41. The van der Waals surface area contributed by atoms with Crippen molar-refractivity contribution in [3.05, 3.63) is 0 Å². The van der Waals surface area contributed by atoms with Crippen LogP contribution in [0.5, 0.6) is 0 Å². The Kier molecular flexibility index (Phi) is 4.61. The third kappa shape index (κ3) is 3.48. The average Bonchev–Trinajstić information content (AvgIpc) is 2.23. The summed E-state index contributed by atoms with van der Waals surface area (Å²) in [5.41, 5.74) is 0. The normalized spacial score (nSPS) is 21.7. The van der Waals surface area contributed by atoms with Crippen LogP contribution in [0.1, 0.15) is 26.7 Å². The molecule has 0 aromatic rings. The average molecular weight is 263 g/mol. The molecule has 98 valence electrons. The third-order valence-electron chi connectivity index (χ3n) is 2.58. The molecular formula is C9H17N3O4S. The predicted molar refractivity (Wildman–Crippen MR) is 61.1 cm³/mol. The van der Waals surface area contributed by atoms with Gasteiger partial charge < -0.3 is 0 Å². The van der Waals surface area contributed by atoms with Crippen molar-refractivity contribution in [3.63, 3.8) is 0 Å². The second-order valence-electron chi connectivity index (χ2n) is 3.71. The Bertz CT molecular complexity index is 402. The van der Waals surface area contributed by atoms with Gasteiger partial charge in [0.2, 0.25) is 11.8 Å². The fourth-order valence-corrected chi connectivity index (χ4v) is 3.04. The summed E-state index contributed by atoms with van der Waals surface area (Å²) < 4.78 is 27.2. The van der Waals surface area contributed by atoms with Gasteiger partial charge in [-0.1, -0.05) is 13.8 Å². The maximum absolute atomic E-state index is 11.8. The van der Waals surface area contributed by atoms with Crippen molar-refractivity contribution in [3.8, 4) is 0 Å². The number of rotatable bonds is 5. The van der Waals surface area contributed by atoms with Gasteiger partial charge >= 0.3 is 0 Å². The minimum atomic E-state index is -3.66. The van der Waals surface area contributed by atoms with E-state index in [9.17, 15) is 18.0 Å². The number of hydrogen-bond acceptors (Lipinski definition) is 4. The molecule has 0 saturated carbocycles. The Morgan fingerprint density at radius 3 is 2.41 bits per heavy atom. The van der Waals surface area contributed by atoms with Crippen molar-refractivity contribution in [2.24, 2.45) is 0 Å². The fourth-order valence-electron chi connectivity index (χ4n) is 1.62. The van der Waals surface area contributed by atoms with E-state index in [-0.39, 0.29) is 18.7 Å². The molecule has 0 radical (unpaired) electrons. The van der Waals surface area contributed by atoms with E-state index in [1.807, 2.05) is 0 Å². The minimum absolute atomic E-state index is 0.150. The molecule has 8 heteroatoms. The highest BCUT2D eigenvalue weighted by atomic mass is 32.2. The Balaban J connectivity index is 2.71. The van der Waals surface area contributed by atoms with Crippen molar-refractivity contribution in [1.29, 1.82) is 0 Å². The van der Waals surface area contributed by atoms with Crippen LogP contribution in [0, 0.1) is 0 Å². The lowest BCUT2D eigenvalue weighted by Crippen LogP contribution is -2.55. The van der Waals surface area contributed by atoms with E-state index < -0.39 is 22.2 Å². The number of amides is 2. The summed E-state index contributed by atoms with van der Waals surface area (Å²) in [6.07, 6.45) is 0.350. The van der Waals surface area contributed by atoms with E-state index >= 15 is 0 Å². The van der Waals surface area contributed by atoms with Crippen molar-refractivity contribution in [1.82, 2.24) is 14.3 Å². The number of piperidine rings is 1. The van der Waals surface area contributed by atoms with Crippen LogP contribution < -0.4 is 10.0 Å². The summed E-state index contributed by atoms with van der Waals surface area (Å²) >= 11 is 0. The van der Waals surface area contributed by atoms with Gasteiger partial charge in [-0.05, 0) is 6.42 Å². The maximum atomic E-state index is 11.8. The van der Waals surface area contributed by atoms with Crippen LogP contribution in [0.15, 0.2) is 0 Å². The standard InChI is InChI=1S/C9H17N3O4S/c1-3-12(4-2)17(15,16)11-7-5-6-8(13)10-9(7)14/h7,11H,3-6H2,1-2H3,(H,10,13,14).